The fourth-order valence-corrected chi connectivity index (χ4v) is 2.78. The molecule has 1 aromatic rings. The van der Waals surface area contributed by atoms with Gasteiger partial charge in [-0.15, -0.1) is 0 Å². The van der Waals surface area contributed by atoms with Crippen LogP contribution in [-0.2, 0) is 0 Å². The molecule has 2 saturated heterocycles. The minimum atomic E-state index is 0.684. The minimum absolute atomic E-state index is 0.684. The third kappa shape index (κ3) is 1.63. The largest absolute Gasteiger partial charge is 0.341 e. The number of nitrogens with one attached hydrogen (secondary N) is 2. The van der Waals surface area contributed by atoms with Gasteiger partial charge in [0, 0.05) is 31.0 Å². The molecule has 2 atom stereocenters. The molecule has 4 heteroatoms. The van der Waals surface area contributed by atoms with Crippen LogP contribution < -0.4 is 10.2 Å². The van der Waals surface area contributed by atoms with Crippen LogP contribution in [0, 0.1) is 12.8 Å². The molecule has 2 N–H and O–H groups in total. The highest BCUT2D eigenvalue weighted by Gasteiger charge is 2.35. The maximum atomic E-state index is 4.40. The highest BCUT2D eigenvalue weighted by atomic mass is 15.3. The van der Waals surface area contributed by atoms with E-state index in [2.05, 4.69) is 27.1 Å². The number of aryl methyl sites for hydroxylation is 1. The molecule has 0 aromatic carbocycles. The molecular formula is C11H18N4. The van der Waals surface area contributed by atoms with E-state index in [0.29, 0.717) is 6.04 Å². The predicted octanol–water partition coefficient (Wildman–Crippen LogP) is 0.906. The monoisotopic (exact) mass is 206 g/mol. The molecule has 15 heavy (non-hydrogen) atoms. The van der Waals surface area contributed by atoms with Crippen molar-refractivity contribution in [3.63, 3.8) is 0 Å². The topological polar surface area (TPSA) is 44.0 Å². The Kier molecular flexibility index (Phi) is 2.16. The second-order valence-electron chi connectivity index (χ2n) is 4.76. The molecule has 2 aliphatic heterocycles. The Bertz CT molecular complexity index is 332. The lowest BCUT2D eigenvalue weighted by molar-refractivity contribution is 0.340. The molecule has 0 radical (unpaired) electrons. The van der Waals surface area contributed by atoms with Crippen LogP contribution in [0.25, 0.3) is 0 Å². The van der Waals surface area contributed by atoms with Gasteiger partial charge in [-0.2, -0.15) is 0 Å². The predicted molar refractivity (Wildman–Crippen MR) is 60.1 cm³/mol. The average molecular weight is 206 g/mol. The Morgan fingerprint density at radius 2 is 2.40 bits per heavy atom. The SMILES string of the molecule is Cc1cnc(N2CC3CCCNC3C2)[nH]1. The number of imidazole rings is 1. The van der Waals surface area contributed by atoms with Gasteiger partial charge in [-0.3, -0.25) is 0 Å². The van der Waals surface area contributed by atoms with Gasteiger partial charge in [0.1, 0.15) is 0 Å². The van der Waals surface area contributed by atoms with Crippen LogP contribution in [0.15, 0.2) is 6.20 Å². The average Bonchev–Trinajstić information content (AvgIpc) is 2.82. The third-order valence-corrected chi connectivity index (χ3v) is 3.59. The Labute approximate surface area is 90.1 Å². The molecule has 3 rings (SSSR count). The van der Waals surface area contributed by atoms with E-state index < -0.39 is 0 Å². The molecule has 4 nitrogen and oxygen atoms in total. The summed E-state index contributed by atoms with van der Waals surface area (Å²) in [6.45, 7) is 5.51. The molecular weight excluding hydrogens is 188 g/mol. The molecule has 0 bridgehead atoms. The van der Waals surface area contributed by atoms with E-state index in [1.807, 2.05) is 6.20 Å². The molecule has 2 aliphatic rings. The summed E-state index contributed by atoms with van der Waals surface area (Å²) in [6.07, 6.45) is 4.60. The van der Waals surface area contributed by atoms with Crippen molar-refractivity contribution >= 4 is 5.95 Å². The van der Waals surface area contributed by atoms with Crippen molar-refractivity contribution in [2.45, 2.75) is 25.8 Å². The number of piperidine rings is 1. The van der Waals surface area contributed by atoms with E-state index in [1.165, 1.54) is 19.4 Å². The molecule has 2 fully saturated rings. The molecule has 0 aliphatic carbocycles. The smallest absolute Gasteiger partial charge is 0.203 e. The minimum Gasteiger partial charge on any atom is -0.341 e. The van der Waals surface area contributed by atoms with Gasteiger partial charge in [-0.1, -0.05) is 0 Å². The standard InChI is InChI=1S/C11H18N4/c1-8-5-13-11(14-8)15-6-9-3-2-4-12-10(9)7-15/h5,9-10,12H,2-4,6-7H2,1H3,(H,13,14). The lowest BCUT2D eigenvalue weighted by Gasteiger charge is -2.24. The van der Waals surface area contributed by atoms with Crippen molar-refractivity contribution in [3.8, 4) is 0 Å². The van der Waals surface area contributed by atoms with E-state index in [-0.39, 0.29) is 0 Å². The summed E-state index contributed by atoms with van der Waals surface area (Å²) in [6, 6.07) is 0.684. The number of nitrogens with zero attached hydrogens (tertiary/aromatic N) is 2. The van der Waals surface area contributed by atoms with E-state index in [0.717, 1.165) is 30.6 Å². The fourth-order valence-electron chi connectivity index (χ4n) is 2.78. The zero-order chi connectivity index (χ0) is 10.3. The van der Waals surface area contributed by atoms with Gasteiger partial charge in [-0.05, 0) is 32.2 Å². The first-order valence-corrected chi connectivity index (χ1v) is 5.83. The maximum absolute atomic E-state index is 4.40. The molecule has 3 heterocycles. The quantitative estimate of drug-likeness (QED) is 0.717. The van der Waals surface area contributed by atoms with Gasteiger partial charge in [0.2, 0.25) is 5.95 Å². The van der Waals surface area contributed by atoms with E-state index in [4.69, 9.17) is 0 Å². The number of rotatable bonds is 1. The lowest BCUT2D eigenvalue weighted by atomic mass is 9.94. The van der Waals surface area contributed by atoms with Crippen LogP contribution in [0.5, 0.6) is 0 Å². The van der Waals surface area contributed by atoms with Crippen LogP contribution >= 0.6 is 0 Å². The van der Waals surface area contributed by atoms with Gasteiger partial charge >= 0.3 is 0 Å². The summed E-state index contributed by atoms with van der Waals surface area (Å²) in [5.41, 5.74) is 1.15. The summed E-state index contributed by atoms with van der Waals surface area (Å²) in [5.74, 6) is 1.87. The van der Waals surface area contributed by atoms with Crippen LogP contribution in [0.4, 0.5) is 5.95 Å². The van der Waals surface area contributed by atoms with Crippen molar-refractivity contribution in [1.82, 2.24) is 15.3 Å². The maximum Gasteiger partial charge on any atom is 0.203 e. The number of hydrogen-bond donors (Lipinski definition) is 2. The van der Waals surface area contributed by atoms with Gasteiger partial charge < -0.3 is 15.2 Å². The van der Waals surface area contributed by atoms with Gasteiger partial charge in [-0.25, -0.2) is 4.98 Å². The summed E-state index contributed by atoms with van der Waals surface area (Å²) in [5, 5.41) is 3.60. The highest BCUT2D eigenvalue weighted by Crippen LogP contribution is 2.27. The Hall–Kier alpha value is -1.03. The molecule has 2 unspecified atom stereocenters. The summed E-state index contributed by atoms with van der Waals surface area (Å²) in [4.78, 5) is 10.1. The number of anilines is 1. The second kappa shape index (κ2) is 3.52. The van der Waals surface area contributed by atoms with Crippen LogP contribution in [0.3, 0.4) is 0 Å². The first-order valence-electron chi connectivity index (χ1n) is 5.83. The third-order valence-electron chi connectivity index (χ3n) is 3.59. The number of aromatic nitrogens is 2. The second-order valence-corrected chi connectivity index (χ2v) is 4.76. The number of aromatic amines is 1. The zero-order valence-corrected chi connectivity index (χ0v) is 9.16. The summed E-state index contributed by atoms with van der Waals surface area (Å²) in [7, 11) is 0. The molecule has 82 valence electrons. The zero-order valence-electron chi connectivity index (χ0n) is 9.16. The highest BCUT2D eigenvalue weighted by molar-refractivity contribution is 5.34. The summed E-state index contributed by atoms with van der Waals surface area (Å²) >= 11 is 0. The number of H-pyrrole nitrogens is 1. The van der Waals surface area contributed by atoms with Crippen LogP contribution in [-0.4, -0.2) is 35.6 Å². The van der Waals surface area contributed by atoms with Crippen molar-refractivity contribution in [2.75, 3.05) is 24.5 Å². The first kappa shape index (κ1) is 9.21. The Balaban J connectivity index is 1.74. The van der Waals surface area contributed by atoms with Crippen molar-refractivity contribution in [2.24, 2.45) is 5.92 Å². The molecule has 1 aromatic heterocycles. The van der Waals surface area contributed by atoms with Gasteiger partial charge in [0.05, 0.1) is 0 Å². The summed E-state index contributed by atoms with van der Waals surface area (Å²) < 4.78 is 0. The number of fused-ring (bicyclic) bond motifs is 1. The number of hydrogen-bond acceptors (Lipinski definition) is 3. The lowest BCUT2D eigenvalue weighted by Crippen LogP contribution is -2.40. The normalized spacial score (nSPS) is 30.6. The first-order chi connectivity index (χ1) is 7.33. The van der Waals surface area contributed by atoms with E-state index in [9.17, 15) is 0 Å². The van der Waals surface area contributed by atoms with E-state index in [1.54, 1.807) is 0 Å². The molecule has 0 amide bonds. The molecule has 0 saturated carbocycles. The van der Waals surface area contributed by atoms with Crippen molar-refractivity contribution in [3.05, 3.63) is 11.9 Å². The Morgan fingerprint density at radius 1 is 1.47 bits per heavy atom. The van der Waals surface area contributed by atoms with Crippen LogP contribution in [0.2, 0.25) is 0 Å². The van der Waals surface area contributed by atoms with E-state index >= 15 is 0 Å². The van der Waals surface area contributed by atoms with Crippen LogP contribution in [0.1, 0.15) is 18.5 Å². The van der Waals surface area contributed by atoms with Gasteiger partial charge in [0.25, 0.3) is 0 Å². The fraction of sp³-hybridized carbons (Fsp3) is 0.727. The van der Waals surface area contributed by atoms with Gasteiger partial charge in [0.15, 0.2) is 0 Å². The Morgan fingerprint density at radius 3 is 3.13 bits per heavy atom. The molecule has 0 spiro atoms. The van der Waals surface area contributed by atoms with Crippen molar-refractivity contribution in [1.29, 1.82) is 0 Å². The van der Waals surface area contributed by atoms with Crippen molar-refractivity contribution < 1.29 is 0 Å².